The van der Waals surface area contributed by atoms with Crippen LogP contribution in [0.4, 0.5) is 0 Å². The van der Waals surface area contributed by atoms with Gasteiger partial charge in [0.1, 0.15) is 0 Å². The Bertz CT molecular complexity index is 190. The fourth-order valence-electron chi connectivity index (χ4n) is 0.379. The molecule has 0 atom stereocenters. The van der Waals surface area contributed by atoms with Gasteiger partial charge >= 0.3 is 5.97 Å². The highest BCUT2D eigenvalue weighted by atomic mass is 16.5. The molecule has 4 nitrogen and oxygen atoms in total. The summed E-state index contributed by atoms with van der Waals surface area (Å²) < 4.78 is 4.25. The molecule has 0 aliphatic heterocycles. The van der Waals surface area contributed by atoms with Crippen LogP contribution in [0.1, 0.15) is 6.42 Å². The zero-order chi connectivity index (χ0) is 8.53. The van der Waals surface area contributed by atoms with E-state index in [1.54, 1.807) is 0 Å². The molecular formula is C7H9NO3. The maximum atomic E-state index is 10.4. The molecule has 0 aromatic heterocycles. The normalized spacial score (nSPS) is 7.36. The van der Waals surface area contributed by atoms with E-state index in [1.165, 1.54) is 7.11 Å². The second kappa shape index (κ2) is 6.62. The number of hydrogen-bond acceptors (Lipinski definition) is 3. The lowest BCUT2D eigenvalue weighted by Gasteiger charge is -1.88. The number of carbonyl (C=O) groups is 2. The lowest BCUT2D eigenvalue weighted by molar-refractivity contribution is -0.133. The van der Waals surface area contributed by atoms with Crippen LogP contribution in [0.25, 0.3) is 0 Å². The van der Waals surface area contributed by atoms with Crippen molar-refractivity contribution in [2.75, 3.05) is 13.7 Å². The third-order valence-electron chi connectivity index (χ3n) is 0.854. The minimum atomic E-state index is -0.559. The van der Waals surface area contributed by atoms with Crippen molar-refractivity contribution in [3.8, 4) is 11.8 Å². The first-order valence-corrected chi connectivity index (χ1v) is 3.05. The van der Waals surface area contributed by atoms with Crippen LogP contribution in [0.5, 0.6) is 0 Å². The van der Waals surface area contributed by atoms with Gasteiger partial charge in [0.2, 0.25) is 6.41 Å². The molecule has 1 N–H and O–H groups in total. The molecule has 0 aromatic carbocycles. The molecular weight excluding hydrogens is 146 g/mol. The highest BCUT2D eigenvalue weighted by Crippen LogP contribution is 1.72. The summed E-state index contributed by atoms with van der Waals surface area (Å²) >= 11 is 0. The third-order valence-corrected chi connectivity index (χ3v) is 0.854. The van der Waals surface area contributed by atoms with E-state index in [9.17, 15) is 9.59 Å². The van der Waals surface area contributed by atoms with Gasteiger partial charge in [0.05, 0.1) is 7.11 Å². The van der Waals surface area contributed by atoms with Crippen LogP contribution in [0.15, 0.2) is 0 Å². The maximum Gasteiger partial charge on any atom is 0.384 e. The van der Waals surface area contributed by atoms with Gasteiger partial charge in [-0.3, -0.25) is 4.79 Å². The lowest BCUT2D eigenvalue weighted by Crippen LogP contribution is -2.11. The Hall–Kier alpha value is -1.50. The molecule has 0 aliphatic rings. The van der Waals surface area contributed by atoms with Crippen LogP contribution in [0.3, 0.4) is 0 Å². The summed E-state index contributed by atoms with van der Waals surface area (Å²) in [6, 6.07) is 0. The first kappa shape index (κ1) is 9.50. The SMILES string of the molecule is COC(=O)C#CCCNC=O. The number of amides is 1. The van der Waals surface area contributed by atoms with Gasteiger partial charge < -0.3 is 10.1 Å². The van der Waals surface area contributed by atoms with Gasteiger partial charge in [0.15, 0.2) is 0 Å². The van der Waals surface area contributed by atoms with Crippen molar-refractivity contribution in [1.29, 1.82) is 0 Å². The lowest BCUT2D eigenvalue weighted by atomic mass is 10.4. The summed E-state index contributed by atoms with van der Waals surface area (Å²) in [4.78, 5) is 20.1. The van der Waals surface area contributed by atoms with E-state index < -0.39 is 5.97 Å². The standard InChI is InChI=1S/C7H9NO3/c1-11-7(10)4-2-3-5-8-6-9/h6H,3,5H2,1H3,(H,8,9). The first-order chi connectivity index (χ1) is 5.31. The van der Waals surface area contributed by atoms with Crippen LogP contribution < -0.4 is 5.32 Å². The Balaban J connectivity index is 3.39. The zero-order valence-electron chi connectivity index (χ0n) is 6.22. The van der Waals surface area contributed by atoms with Gasteiger partial charge in [-0.1, -0.05) is 5.92 Å². The van der Waals surface area contributed by atoms with Gasteiger partial charge in [-0.15, -0.1) is 0 Å². The first-order valence-electron chi connectivity index (χ1n) is 3.05. The third kappa shape index (κ3) is 6.38. The molecule has 0 radical (unpaired) electrons. The predicted molar refractivity (Wildman–Crippen MR) is 38.5 cm³/mol. The Morgan fingerprint density at radius 1 is 1.73 bits per heavy atom. The number of esters is 1. The number of carbonyl (C=O) groups excluding carboxylic acids is 2. The molecule has 0 rings (SSSR count). The Morgan fingerprint density at radius 3 is 3.00 bits per heavy atom. The molecule has 0 heterocycles. The molecule has 1 amide bonds. The van der Waals surface area contributed by atoms with E-state index in [-0.39, 0.29) is 0 Å². The molecule has 0 saturated carbocycles. The van der Waals surface area contributed by atoms with Gasteiger partial charge in [0, 0.05) is 18.9 Å². The largest absolute Gasteiger partial charge is 0.459 e. The van der Waals surface area contributed by atoms with Crippen molar-refractivity contribution in [3.05, 3.63) is 0 Å². The Kier molecular flexibility index (Phi) is 5.72. The van der Waals surface area contributed by atoms with E-state index >= 15 is 0 Å². The predicted octanol–water partition coefficient (Wildman–Crippen LogP) is -0.701. The second-order valence-electron chi connectivity index (χ2n) is 1.62. The fourth-order valence-corrected chi connectivity index (χ4v) is 0.379. The molecule has 0 spiro atoms. The van der Waals surface area contributed by atoms with Crippen LogP contribution in [0.2, 0.25) is 0 Å². The average molecular weight is 155 g/mol. The quantitative estimate of drug-likeness (QED) is 0.193. The van der Waals surface area contributed by atoms with Gasteiger partial charge in [-0.05, 0) is 0 Å². The van der Waals surface area contributed by atoms with Crippen molar-refractivity contribution in [1.82, 2.24) is 5.32 Å². The summed E-state index contributed by atoms with van der Waals surface area (Å²) in [5, 5.41) is 2.40. The Labute approximate surface area is 64.9 Å². The molecule has 0 unspecified atom stereocenters. The molecule has 60 valence electrons. The molecule has 0 saturated heterocycles. The van der Waals surface area contributed by atoms with E-state index in [1.807, 2.05) is 0 Å². The smallest absolute Gasteiger partial charge is 0.384 e. The van der Waals surface area contributed by atoms with Crippen LogP contribution in [-0.4, -0.2) is 26.0 Å². The van der Waals surface area contributed by atoms with Crippen molar-refractivity contribution >= 4 is 12.4 Å². The molecule has 0 aliphatic carbocycles. The van der Waals surface area contributed by atoms with Crippen LogP contribution >= 0.6 is 0 Å². The number of ether oxygens (including phenoxy) is 1. The number of rotatable bonds is 3. The van der Waals surface area contributed by atoms with E-state index in [2.05, 4.69) is 21.9 Å². The summed E-state index contributed by atoms with van der Waals surface area (Å²) in [7, 11) is 1.26. The molecule has 11 heavy (non-hydrogen) atoms. The second-order valence-corrected chi connectivity index (χ2v) is 1.62. The number of methoxy groups -OCH3 is 1. The highest BCUT2D eigenvalue weighted by Gasteiger charge is 1.87. The molecule has 0 bridgehead atoms. The van der Waals surface area contributed by atoms with Gasteiger partial charge in [-0.25, -0.2) is 4.79 Å². The summed E-state index contributed by atoms with van der Waals surface area (Å²) in [6.07, 6.45) is 1.04. The summed E-state index contributed by atoms with van der Waals surface area (Å²) in [5.74, 6) is 4.19. The maximum absolute atomic E-state index is 10.4. The van der Waals surface area contributed by atoms with E-state index in [4.69, 9.17) is 0 Å². The monoisotopic (exact) mass is 155 g/mol. The van der Waals surface area contributed by atoms with Crippen molar-refractivity contribution < 1.29 is 14.3 Å². The highest BCUT2D eigenvalue weighted by molar-refractivity contribution is 5.88. The van der Waals surface area contributed by atoms with E-state index in [0.717, 1.165) is 0 Å². The number of nitrogens with one attached hydrogen (secondary N) is 1. The zero-order valence-corrected chi connectivity index (χ0v) is 6.22. The van der Waals surface area contributed by atoms with Gasteiger partial charge in [-0.2, -0.15) is 0 Å². The minimum Gasteiger partial charge on any atom is -0.459 e. The number of hydrogen-bond donors (Lipinski definition) is 1. The molecule has 4 heteroatoms. The summed E-state index contributed by atoms with van der Waals surface area (Å²) in [6.45, 7) is 0.452. The van der Waals surface area contributed by atoms with Crippen molar-refractivity contribution in [2.45, 2.75) is 6.42 Å². The van der Waals surface area contributed by atoms with Crippen molar-refractivity contribution in [2.24, 2.45) is 0 Å². The minimum absolute atomic E-state index is 0.452. The Morgan fingerprint density at radius 2 is 2.45 bits per heavy atom. The van der Waals surface area contributed by atoms with Gasteiger partial charge in [0.25, 0.3) is 0 Å². The fraction of sp³-hybridized carbons (Fsp3) is 0.429. The molecule has 0 fully saturated rings. The van der Waals surface area contributed by atoms with Crippen molar-refractivity contribution in [3.63, 3.8) is 0 Å². The van der Waals surface area contributed by atoms with E-state index in [0.29, 0.717) is 19.4 Å². The summed E-state index contributed by atoms with van der Waals surface area (Å²) in [5.41, 5.74) is 0. The van der Waals surface area contributed by atoms with Crippen LogP contribution in [-0.2, 0) is 14.3 Å². The molecule has 0 aromatic rings. The topological polar surface area (TPSA) is 55.4 Å². The van der Waals surface area contributed by atoms with Crippen LogP contribution in [0, 0.1) is 11.8 Å². The average Bonchev–Trinajstić information content (AvgIpc) is 2.04.